The summed E-state index contributed by atoms with van der Waals surface area (Å²) in [6, 6.07) is 3.48. The van der Waals surface area contributed by atoms with E-state index in [-0.39, 0.29) is 12.0 Å². The lowest BCUT2D eigenvalue weighted by atomic mass is 10.1. The molecule has 1 aromatic rings. The predicted molar refractivity (Wildman–Crippen MR) is 73.0 cm³/mol. The van der Waals surface area contributed by atoms with Gasteiger partial charge in [-0.2, -0.15) is 0 Å². The van der Waals surface area contributed by atoms with E-state index in [1.54, 1.807) is 13.3 Å². The van der Waals surface area contributed by atoms with Gasteiger partial charge >= 0.3 is 5.97 Å². The number of carbonyl (C=O) groups is 1. The molecule has 1 unspecified atom stereocenters. The number of hydrogen-bond donors (Lipinski definition) is 1. The highest BCUT2D eigenvalue weighted by Gasteiger charge is 2.17. The van der Waals surface area contributed by atoms with Crippen LogP contribution in [0, 0.1) is 0 Å². The van der Waals surface area contributed by atoms with Gasteiger partial charge in [-0.1, -0.05) is 13.3 Å². The molecule has 0 radical (unpaired) electrons. The van der Waals surface area contributed by atoms with Crippen LogP contribution < -0.4 is 10.1 Å². The van der Waals surface area contributed by atoms with E-state index in [4.69, 9.17) is 9.47 Å². The van der Waals surface area contributed by atoms with Crippen molar-refractivity contribution in [1.82, 2.24) is 10.3 Å². The molecule has 0 aliphatic rings. The number of nitrogens with zero attached hydrogens (tertiary/aromatic N) is 1. The number of aromatic nitrogens is 1. The average Bonchev–Trinajstić information content (AvgIpc) is 2.44. The fourth-order valence-corrected chi connectivity index (χ4v) is 1.75. The third kappa shape index (κ3) is 5.26. The van der Waals surface area contributed by atoms with Crippen LogP contribution in [0.1, 0.15) is 32.3 Å². The smallest absolute Gasteiger partial charge is 0.323 e. The Hall–Kier alpha value is -1.62. The van der Waals surface area contributed by atoms with Gasteiger partial charge in [-0.05, 0) is 25.0 Å². The molecule has 106 valence electrons. The van der Waals surface area contributed by atoms with Gasteiger partial charge in [0.05, 0.1) is 13.7 Å². The minimum atomic E-state index is -0.260. The molecule has 1 aromatic heterocycles. The van der Waals surface area contributed by atoms with Gasteiger partial charge in [-0.3, -0.25) is 4.79 Å². The first-order chi connectivity index (χ1) is 9.21. The molecule has 0 amide bonds. The fourth-order valence-electron chi connectivity index (χ4n) is 1.75. The molecule has 0 fully saturated rings. The van der Waals surface area contributed by atoms with Gasteiger partial charge < -0.3 is 14.8 Å². The SMILES string of the molecule is CCCC(NCc1ccnc(OC)c1)C(=O)OCC. The molecule has 0 saturated heterocycles. The Morgan fingerprint density at radius 1 is 1.47 bits per heavy atom. The highest BCUT2D eigenvalue weighted by atomic mass is 16.5. The molecule has 0 aromatic carbocycles. The third-order valence-corrected chi connectivity index (χ3v) is 2.71. The maximum atomic E-state index is 11.8. The Kier molecular flexibility index (Phi) is 6.89. The average molecular weight is 266 g/mol. The van der Waals surface area contributed by atoms with Crippen LogP contribution in [0.4, 0.5) is 0 Å². The predicted octanol–water partition coefficient (Wildman–Crippen LogP) is 1.91. The zero-order valence-electron chi connectivity index (χ0n) is 11.8. The first-order valence-electron chi connectivity index (χ1n) is 6.60. The van der Waals surface area contributed by atoms with E-state index < -0.39 is 0 Å². The van der Waals surface area contributed by atoms with E-state index in [1.165, 1.54) is 0 Å². The van der Waals surface area contributed by atoms with Crippen molar-refractivity contribution in [3.05, 3.63) is 23.9 Å². The molecule has 0 aliphatic heterocycles. The second kappa shape index (κ2) is 8.48. The van der Waals surface area contributed by atoms with E-state index in [0.717, 1.165) is 18.4 Å². The van der Waals surface area contributed by atoms with Gasteiger partial charge in [0.25, 0.3) is 0 Å². The van der Waals surface area contributed by atoms with Crippen molar-refractivity contribution in [3.63, 3.8) is 0 Å². The van der Waals surface area contributed by atoms with Gasteiger partial charge in [-0.25, -0.2) is 4.98 Å². The number of carbonyl (C=O) groups excluding carboxylic acids is 1. The summed E-state index contributed by atoms with van der Waals surface area (Å²) in [6.07, 6.45) is 3.38. The minimum absolute atomic E-state index is 0.189. The van der Waals surface area contributed by atoms with Crippen molar-refractivity contribution in [2.45, 2.75) is 39.3 Å². The molecule has 1 heterocycles. The van der Waals surface area contributed by atoms with E-state index in [1.807, 2.05) is 26.0 Å². The van der Waals surface area contributed by atoms with Gasteiger partial charge in [0, 0.05) is 18.8 Å². The second-order valence-electron chi connectivity index (χ2n) is 4.18. The van der Waals surface area contributed by atoms with E-state index >= 15 is 0 Å². The summed E-state index contributed by atoms with van der Waals surface area (Å²) < 4.78 is 10.1. The standard InChI is InChI=1S/C14H22N2O3/c1-4-6-12(14(17)19-5-2)16-10-11-7-8-15-13(9-11)18-3/h7-9,12,16H,4-6,10H2,1-3H3. The fraction of sp³-hybridized carbons (Fsp3) is 0.571. The summed E-state index contributed by atoms with van der Waals surface area (Å²) in [6.45, 7) is 4.85. The minimum Gasteiger partial charge on any atom is -0.481 e. The normalized spacial score (nSPS) is 11.9. The van der Waals surface area contributed by atoms with Crippen LogP contribution in [0.3, 0.4) is 0 Å². The van der Waals surface area contributed by atoms with Crippen molar-refractivity contribution in [3.8, 4) is 5.88 Å². The second-order valence-corrected chi connectivity index (χ2v) is 4.18. The summed E-state index contributed by atoms with van der Waals surface area (Å²) in [4.78, 5) is 15.8. The lowest BCUT2D eigenvalue weighted by molar-refractivity contribution is -0.145. The molecule has 1 rings (SSSR count). The molecule has 1 atom stereocenters. The highest BCUT2D eigenvalue weighted by Crippen LogP contribution is 2.09. The van der Waals surface area contributed by atoms with Crippen molar-refractivity contribution in [2.75, 3.05) is 13.7 Å². The molecule has 5 heteroatoms. The summed E-state index contributed by atoms with van der Waals surface area (Å²) >= 11 is 0. The molecule has 0 aliphatic carbocycles. The van der Waals surface area contributed by atoms with Crippen LogP contribution >= 0.6 is 0 Å². The van der Waals surface area contributed by atoms with Gasteiger partial charge in [0.2, 0.25) is 5.88 Å². The van der Waals surface area contributed by atoms with Crippen LogP contribution in [0.15, 0.2) is 18.3 Å². The molecule has 0 saturated carbocycles. The van der Waals surface area contributed by atoms with Gasteiger partial charge in [0.15, 0.2) is 0 Å². The molecular weight excluding hydrogens is 244 g/mol. The molecule has 19 heavy (non-hydrogen) atoms. The van der Waals surface area contributed by atoms with Crippen molar-refractivity contribution < 1.29 is 14.3 Å². The van der Waals surface area contributed by atoms with Crippen molar-refractivity contribution in [2.24, 2.45) is 0 Å². The number of hydrogen-bond acceptors (Lipinski definition) is 5. The summed E-state index contributed by atoms with van der Waals surface area (Å²) in [5.41, 5.74) is 1.03. The quantitative estimate of drug-likeness (QED) is 0.728. The largest absolute Gasteiger partial charge is 0.481 e. The van der Waals surface area contributed by atoms with Crippen LogP contribution in [-0.2, 0) is 16.1 Å². The zero-order valence-corrected chi connectivity index (χ0v) is 11.8. The van der Waals surface area contributed by atoms with E-state index in [2.05, 4.69) is 10.3 Å². The van der Waals surface area contributed by atoms with Crippen LogP contribution in [-0.4, -0.2) is 30.7 Å². The van der Waals surface area contributed by atoms with Gasteiger partial charge in [-0.15, -0.1) is 0 Å². The van der Waals surface area contributed by atoms with E-state index in [0.29, 0.717) is 19.0 Å². The number of esters is 1. The number of methoxy groups -OCH3 is 1. The Morgan fingerprint density at radius 3 is 2.89 bits per heavy atom. The van der Waals surface area contributed by atoms with Crippen LogP contribution in [0.2, 0.25) is 0 Å². The topological polar surface area (TPSA) is 60.5 Å². The number of nitrogens with one attached hydrogen (secondary N) is 1. The highest BCUT2D eigenvalue weighted by molar-refractivity contribution is 5.75. The maximum Gasteiger partial charge on any atom is 0.323 e. The summed E-state index contributed by atoms with van der Waals surface area (Å²) in [5.74, 6) is 0.382. The Balaban J connectivity index is 2.57. The first-order valence-corrected chi connectivity index (χ1v) is 6.60. The summed E-state index contributed by atoms with van der Waals surface area (Å²) in [7, 11) is 1.58. The third-order valence-electron chi connectivity index (χ3n) is 2.71. The molecule has 0 bridgehead atoms. The Bertz CT molecular complexity index is 396. The van der Waals surface area contributed by atoms with Crippen molar-refractivity contribution >= 4 is 5.97 Å². The summed E-state index contributed by atoms with van der Waals surface area (Å²) in [5, 5.41) is 3.21. The lowest BCUT2D eigenvalue weighted by Crippen LogP contribution is -2.37. The first kappa shape index (κ1) is 15.4. The maximum absolute atomic E-state index is 11.8. The zero-order chi connectivity index (χ0) is 14.1. The number of ether oxygens (including phenoxy) is 2. The lowest BCUT2D eigenvalue weighted by Gasteiger charge is -2.16. The molecular formula is C14H22N2O3. The van der Waals surface area contributed by atoms with Crippen LogP contribution in [0.25, 0.3) is 0 Å². The Labute approximate surface area is 114 Å². The van der Waals surface area contributed by atoms with Gasteiger partial charge in [0.1, 0.15) is 6.04 Å². The van der Waals surface area contributed by atoms with E-state index in [9.17, 15) is 4.79 Å². The van der Waals surface area contributed by atoms with Crippen LogP contribution in [0.5, 0.6) is 5.88 Å². The molecule has 0 spiro atoms. The Morgan fingerprint density at radius 2 is 2.26 bits per heavy atom. The molecule has 1 N–H and O–H groups in total. The molecule has 5 nitrogen and oxygen atoms in total. The van der Waals surface area contributed by atoms with Crippen molar-refractivity contribution in [1.29, 1.82) is 0 Å². The monoisotopic (exact) mass is 266 g/mol. The number of rotatable bonds is 8. The number of pyridine rings is 1.